The van der Waals surface area contributed by atoms with Crippen LogP contribution in [0.1, 0.15) is 39.2 Å². The zero-order chi connectivity index (χ0) is 14.4. The van der Waals surface area contributed by atoms with Crippen LogP contribution < -0.4 is 5.32 Å². The van der Waals surface area contributed by atoms with Gasteiger partial charge in [0, 0.05) is 12.1 Å². The summed E-state index contributed by atoms with van der Waals surface area (Å²) in [4.78, 5) is 2.63. The first kappa shape index (κ1) is 15.5. The molecule has 0 saturated carbocycles. The Morgan fingerprint density at radius 1 is 1.10 bits per heavy atom. The number of benzene rings is 1. The highest BCUT2D eigenvalue weighted by atomic mass is 15.1. The number of hydrogen-bond donors (Lipinski definition) is 1. The lowest BCUT2D eigenvalue weighted by atomic mass is 9.95. The monoisotopic (exact) mass is 274 g/mol. The van der Waals surface area contributed by atoms with Crippen LogP contribution in [0.4, 0.5) is 0 Å². The predicted octanol–water partition coefficient (Wildman–Crippen LogP) is 3.33. The van der Waals surface area contributed by atoms with Crippen molar-refractivity contribution >= 4 is 0 Å². The first-order chi connectivity index (χ1) is 9.53. The van der Waals surface area contributed by atoms with Crippen LogP contribution in [0.25, 0.3) is 0 Å². The van der Waals surface area contributed by atoms with Crippen molar-refractivity contribution in [3.8, 4) is 0 Å². The third kappa shape index (κ3) is 5.64. The summed E-state index contributed by atoms with van der Waals surface area (Å²) in [6.07, 6.45) is 3.88. The van der Waals surface area contributed by atoms with E-state index >= 15 is 0 Å². The molecule has 0 aliphatic carbocycles. The summed E-state index contributed by atoms with van der Waals surface area (Å²) < 4.78 is 0. The van der Waals surface area contributed by atoms with Crippen molar-refractivity contribution < 1.29 is 0 Å². The third-order valence-electron chi connectivity index (χ3n) is 4.19. The standard InChI is InChI=1S/C18H30N2/c1-18(2,3)19-15-17-10-13-20(14-11-17)12-9-16-7-5-4-6-8-16/h4-8,17,19H,9-15H2,1-3H3. The fraction of sp³-hybridized carbons (Fsp3) is 0.667. The molecule has 1 aliphatic rings. The summed E-state index contributed by atoms with van der Waals surface area (Å²) >= 11 is 0. The number of hydrogen-bond acceptors (Lipinski definition) is 2. The van der Waals surface area contributed by atoms with E-state index in [1.54, 1.807) is 0 Å². The molecule has 2 rings (SSSR count). The number of likely N-dealkylation sites (tertiary alicyclic amines) is 1. The molecule has 0 bridgehead atoms. The maximum Gasteiger partial charge on any atom is 0.00966 e. The van der Waals surface area contributed by atoms with E-state index in [1.807, 2.05) is 0 Å². The van der Waals surface area contributed by atoms with Gasteiger partial charge in [-0.1, -0.05) is 30.3 Å². The van der Waals surface area contributed by atoms with Gasteiger partial charge in [0.2, 0.25) is 0 Å². The molecule has 1 aromatic rings. The minimum atomic E-state index is 0.254. The summed E-state index contributed by atoms with van der Waals surface area (Å²) in [7, 11) is 0. The third-order valence-corrected chi connectivity index (χ3v) is 4.19. The molecule has 1 saturated heterocycles. The first-order valence-corrected chi connectivity index (χ1v) is 8.04. The molecular formula is C18H30N2. The molecule has 2 nitrogen and oxygen atoms in total. The summed E-state index contributed by atoms with van der Waals surface area (Å²) in [6.45, 7) is 11.7. The van der Waals surface area contributed by atoms with Gasteiger partial charge in [0.15, 0.2) is 0 Å². The van der Waals surface area contributed by atoms with E-state index in [9.17, 15) is 0 Å². The maximum absolute atomic E-state index is 3.65. The van der Waals surface area contributed by atoms with E-state index in [-0.39, 0.29) is 5.54 Å². The fourth-order valence-corrected chi connectivity index (χ4v) is 2.80. The first-order valence-electron chi connectivity index (χ1n) is 8.04. The Hall–Kier alpha value is -0.860. The molecule has 0 aromatic heterocycles. The average molecular weight is 274 g/mol. The van der Waals surface area contributed by atoms with Crippen molar-refractivity contribution in [3.63, 3.8) is 0 Å². The molecule has 0 spiro atoms. The van der Waals surface area contributed by atoms with E-state index in [0.717, 1.165) is 5.92 Å². The van der Waals surface area contributed by atoms with E-state index in [0.29, 0.717) is 0 Å². The predicted molar refractivity (Wildman–Crippen MR) is 87.1 cm³/mol. The second-order valence-electron chi connectivity index (χ2n) is 7.15. The summed E-state index contributed by atoms with van der Waals surface area (Å²) in [5.74, 6) is 0.863. The van der Waals surface area contributed by atoms with Gasteiger partial charge in [-0.15, -0.1) is 0 Å². The maximum atomic E-state index is 3.65. The SMILES string of the molecule is CC(C)(C)NCC1CCN(CCc2ccccc2)CC1. The van der Waals surface area contributed by atoms with Crippen LogP contribution in [0.5, 0.6) is 0 Å². The Morgan fingerprint density at radius 2 is 1.75 bits per heavy atom. The quantitative estimate of drug-likeness (QED) is 0.886. The molecule has 20 heavy (non-hydrogen) atoms. The van der Waals surface area contributed by atoms with E-state index < -0.39 is 0 Å². The minimum Gasteiger partial charge on any atom is -0.312 e. The van der Waals surface area contributed by atoms with Crippen LogP contribution in [-0.4, -0.2) is 36.6 Å². The highest BCUT2D eigenvalue weighted by Gasteiger charge is 2.20. The van der Waals surface area contributed by atoms with Crippen LogP contribution in [0.3, 0.4) is 0 Å². The van der Waals surface area contributed by atoms with E-state index in [2.05, 4.69) is 61.3 Å². The molecule has 1 aliphatic heterocycles. The van der Waals surface area contributed by atoms with Gasteiger partial charge in [-0.3, -0.25) is 0 Å². The zero-order valence-corrected chi connectivity index (χ0v) is 13.4. The topological polar surface area (TPSA) is 15.3 Å². The number of nitrogens with zero attached hydrogens (tertiary/aromatic N) is 1. The Kier molecular flexibility index (Phi) is 5.62. The molecule has 112 valence electrons. The van der Waals surface area contributed by atoms with Crippen molar-refractivity contribution in [3.05, 3.63) is 35.9 Å². The molecular weight excluding hydrogens is 244 g/mol. The Morgan fingerprint density at radius 3 is 2.35 bits per heavy atom. The molecule has 0 atom stereocenters. The van der Waals surface area contributed by atoms with Crippen LogP contribution in [0.15, 0.2) is 30.3 Å². The van der Waals surface area contributed by atoms with Crippen LogP contribution >= 0.6 is 0 Å². The zero-order valence-electron chi connectivity index (χ0n) is 13.4. The minimum absolute atomic E-state index is 0.254. The molecule has 0 amide bonds. The van der Waals surface area contributed by atoms with Crippen molar-refractivity contribution in [2.24, 2.45) is 5.92 Å². The Bertz CT molecular complexity index is 372. The van der Waals surface area contributed by atoms with E-state index in [4.69, 9.17) is 0 Å². The Labute approximate surface area is 124 Å². The molecule has 0 radical (unpaired) electrons. The van der Waals surface area contributed by atoms with Gasteiger partial charge in [0.05, 0.1) is 0 Å². The summed E-state index contributed by atoms with van der Waals surface area (Å²) in [5.41, 5.74) is 1.72. The number of rotatable bonds is 5. The largest absolute Gasteiger partial charge is 0.312 e. The molecule has 1 N–H and O–H groups in total. The van der Waals surface area contributed by atoms with E-state index in [1.165, 1.54) is 51.0 Å². The molecule has 1 heterocycles. The van der Waals surface area contributed by atoms with Gasteiger partial charge in [0.25, 0.3) is 0 Å². The van der Waals surface area contributed by atoms with Crippen molar-refractivity contribution in [2.75, 3.05) is 26.2 Å². The summed E-state index contributed by atoms with van der Waals surface area (Å²) in [6, 6.07) is 10.8. The lowest BCUT2D eigenvalue weighted by molar-refractivity contribution is 0.178. The molecule has 0 unspecified atom stereocenters. The van der Waals surface area contributed by atoms with Crippen molar-refractivity contribution in [1.29, 1.82) is 0 Å². The number of piperidine rings is 1. The van der Waals surface area contributed by atoms with Gasteiger partial charge < -0.3 is 10.2 Å². The van der Waals surface area contributed by atoms with Crippen LogP contribution in [0, 0.1) is 5.92 Å². The van der Waals surface area contributed by atoms with Gasteiger partial charge >= 0.3 is 0 Å². The second kappa shape index (κ2) is 7.24. The normalized spacial score (nSPS) is 18.4. The average Bonchev–Trinajstić information content (AvgIpc) is 2.44. The van der Waals surface area contributed by atoms with Gasteiger partial charge in [-0.05, 0) is 71.1 Å². The van der Waals surface area contributed by atoms with Crippen LogP contribution in [0.2, 0.25) is 0 Å². The lowest BCUT2D eigenvalue weighted by Crippen LogP contribution is -2.43. The highest BCUT2D eigenvalue weighted by molar-refractivity contribution is 5.14. The highest BCUT2D eigenvalue weighted by Crippen LogP contribution is 2.17. The molecule has 2 heteroatoms. The van der Waals surface area contributed by atoms with Crippen molar-refractivity contribution in [1.82, 2.24) is 10.2 Å². The summed E-state index contributed by atoms with van der Waals surface area (Å²) in [5, 5.41) is 3.65. The van der Waals surface area contributed by atoms with Crippen molar-refractivity contribution in [2.45, 2.75) is 45.6 Å². The second-order valence-corrected chi connectivity index (χ2v) is 7.15. The van der Waals surface area contributed by atoms with Gasteiger partial charge in [0.1, 0.15) is 0 Å². The Balaban J connectivity index is 1.64. The van der Waals surface area contributed by atoms with Gasteiger partial charge in [-0.25, -0.2) is 0 Å². The van der Waals surface area contributed by atoms with Gasteiger partial charge in [-0.2, -0.15) is 0 Å². The van der Waals surface area contributed by atoms with Crippen LogP contribution in [-0.2, 0) is 6.42 Å². The molecule has 1 aromatic carbocycles. The number of nitrogens with one attached hydrogen (secondary N) is 1. The molecule has 1 fully saturated rings. The smallest absolute Gasteiger partial charge is 0.00966 e. The fourth-order valence-electron chi connectivity index (χ4n) is 2.80. The lowest BCUT2D eigenvalue weighted by Gasteiger charge is -2.33.